The number of carbonyl (C=O) groups excluding carboxylic acids is 1. The number of rotatable bonds is 3. The number of amides is 1. The van der Waals surface area contributed by atoms with Crippen molar-refractivity contribution in [1.29, 1.82) is 0 Å². The first kappa shape index (κ1) is 16.8. The van der Waals surface area contributed by atoms with Gasteiger partial charge < -0.3 is 15.5 Å². The summed E-state index contributed by atoms with van der Waals surface area (Å²) >= 11 is 6.91. The van der Waals surface area contributed by atoms with Crippen molar-refractivity contribution in [2.24, 2.45) is 0 Å². The van der Waals surface area contributed by atoms with E-state index in [9.17, 15) is 4.79 Å². The monoisotopic (exact) mass is 448 g/mol. The zero-order valence-corrected chi connectivity index (χ0v) is 15.9. The van der Waals surface area contributed by atoms with E-state index >= 15 is 0 Å². The lowest BCUT2D eigenvalue weighted by Gasteiger charge is -2.07. The Hall–Kier alpha value is -2.05. The van der Waals surface area contributed by atoms with Gasteiger partial charge in [0, 0.05) is 25.9 Å². The van der Waals surface area contributed by atoms with E-state index in [0.29, 0.717) is 17.1 Å². The third-order valence-electron chi connectivity index (χ3n) is 3.53. The molecule has 24 heavy (non-hydrogen) atoms. The number of furan rings is 1. The van der Waals surface area contributed by atoms with Crippen molar-refractivity contribution in [3.63, 3.8) is 0 Å². The van der Waals surface area contributed by atoms with E-state index in [2.05, 4.69) is 37.2 Å². The van der Waals surface area contributed by atoms with Crippen LogP contribution in [0.1, 0.15) is 16.1 Å². The minimum atomic E-state index is -0.303. The standard InChI is InChI=1S/C18H14Br2N2O2/c1-10-8-12(21)3-5-15(10)22-18(23)17-7-6-16(24-17)13-4-2-11(19)9-14(13)20/h2-9H,21H2,1H3,(H,22,23). The fourth-order valence-electron chi connectivity index (χ4n) is 2.31. The highest BCUT2D eigenvalue weighted by molar-refractivity contribution is 9.11. The van der Waals surface area contributed by atoms with Gasteiger partial charge in [-0.3, -0.25) is 4.79 Å². The molecule has 0 bridgehead atoms. The second-order valence-corrected chi connectivity index (χ2v) is 7.09. The van der Waals surface area contributed by atoms with Crippen molar-refractivity contribution >= 4 is 49.1 Å². The molecule has 3 rings (SSSR count). The third kappa shape index (κ3) is 3.55. The first-order chi connectivity index (χ1) is 11.4. The number of nitrogens with two attached hydrogens (primary N) is 1. The van der Waals surface area contributed by atoms with Crippen LogP contribution < -0.4 is 11.1 Å². The summed E-state index contributed by atoms with van der Waals surface area (Å²) in [4.78, 5) is 12.4. The predicted octanol–water partition coefficient (Wildman–Crippen LogP) is 5.61. The number of aryl methyl sites for hydroxylation is 1. The van der Waals surface area contributed by atoms with Crippen molar-refractivity contribution < 1.29 is 9.21 Å². The molecule has 0 spiro atoms. The van der Waals surface area contributed by atoms with Crippen molar-refractivity contribution in [3.05, 3.63) is 68.8 Å². The highest BCUT2D eigenvalue weighted by Gasteiger charge is 2.15. The Balaban J connectivity index is 1.83. The molecule has 3 aromatic rings. The second-order valence-electron chi connectivity index (χ2n) is 5.32. The van der Waals surface area contributed by atoms with Gasteiger partial charge in [-0.15, -0.1) is 0 Å². The van der Waals surface area contributed by atoms with E-state index < -0.39 is 0 Å². The van der Waals surface area contributed by atoms with E-state index in [4.69, 9.17) is 10.2 Å². The maximum atomic E-state index is 12.4. The molecule has 4 nitrogen and oxygen atoms in total. The smallest absolute Gasteiger partial charge is 0.291 e. The Morgan fingerprint density at radius 2 is 1.88 bits per heavy atom. The van der Waals surface area contributed by atoms with Crippen molar-refractivity contribution in [2.45, 2.75) is 6.92 Å². The Morgan fingerprint density at radius 1 is 1.08 bits per heavy atom. The number of anilines is 2. The minimum Gasteiger partial charge on any atom is -0.451 e. The Labute approximate surface area is 156 Å². The molecular weight excluding hydrogens is 436 g/mol. The molecule has 1 heterocycles. The molecule has 1 aromatic heterocycles. The van der Waals surface area contributed by atoms with Gasteiger partial charge in [0.05, 0.1) is 0 Å². The third-order valence-corrected chi connectivity index (χ3v) is 4.67. The average molecular weight is 450 g/mol. The van der Waals surface area contributed by atoms with E-state index in [1.165, 1.54) is 0 Å². The van der Waals surface area contributed by atoms with Crippen LogP contribution in [0.15, 0.2) is 61.9 Å². The molecule has 2 aromatic carbocycles. The molecule has 0 unspecified atom stereocenters. The van der Waals surface area contributed by atoms with Crippen LogP contribution in [0.2, 0.25) is 0 Å². The summed E-state index contributed by atoms with van der Waals surface area (Å²) in [5.74, 6) is 0.562. The highest BCUT2D eigenvalue weighted by Crippen LogP contribution is 2.32. The van der Waals surface area contributed by atoms with E-state index in [-0.39, 0.29) is 11.7 Å². The molecule has 0 fully saturated rings. The predicted molar refractivity (Wildman–Crippen MR) is 103 cm³/mol. The fraction of sp³-hybridized carbons (Fsp3) is 0.0556. The molecule has 0 aliphatic heterocycles. The van der Waals surface area contributed by atoms with E-state index in [1.54, 1.807) is 24.3 Å². The molecule has 1 amide bonds. The van der Waals surface area contributed by atoms with Crippen LogP contribution in [0.25, 0.3) is 11.3 Å². The first-order valence-corrected chi connectivity index (χ1v) is 8.75. The van der Waals surface area contributed by atoms with Crippen LogP contribution >= 0.6 is 31.9 Å². The lowest BCUT2D eigenvalue weighted by atomic mass is 10.2. The molecule has 0 saturated heterocycles. The number of halogens is 2. The lowest BCUT2D eigenvalue weighted by Crippen LogP contribution is -2.11. The number of carbonyl (C=O) groups is 1. The zero-order chi connectivity index (χ0) is 17.3. The van der Waals surface area contributed by atoms with Crippen LogP contribution in [0.4, 0.5) is 11.4 Å². The van der Waals surface area contributed by atoms with Gasteiger partial charge in [-0.1, -0.05) is 15.9 Å². The molecule has 0 aliphatic rings. The normalized spacial score (nSPS) is 10.6. The number of nitrogen functional groups attached to an aromatic ring is 1. The number of nitrogens with one attached hydrogen (secondary N) is 1. The van der Waals surface area contributed by atoms with Gasteiger partial charge in [-0.25, -0.2) is 0 Å². The summed E-state index contributed by atoms with van der Waals surface area (Å²) in [5, 5.41) is 2.83. The van der Waals surface area contributed by atoms with Gasteiger partial charge in [-0.05, 0) is 76.9 Å². The van der Waals surface area contributed by atoms with E-state index in [1.807, 2.05) is 31.2 Å². The Kier molecular flexibility index (Phi) is 4.78. The van der Waals surface area contributed by atoms with Crippen LogP contribution in [-0.2, 0) is 0 Å². The summed E-state index contributed by atoms with van der Waals surface area (Å²) in [6.07, 6.45) is 0. The Morgan fingerprint density at radius 3 is 2.58 bits per heavy atom. The molecule has 3 N–H and O–H groups in total. The van der Waals surface area contributed by atoms with Crippen LogP contribution in [-0.4, -0.2) is 5.91 Å². The van der Waals surface area contributed by atoms with E-state index in [0.717, 1.165) is 20.1 Å². The summed E-state index contributed by atoms with van der Waals surface area (Å²) in [5.41, 5.74) is 8.86. The van der Waals surface area contributed by atoms with Crippen molar-refractivity contribution in [1.82, 2.24) is 0 Å². The summed E-state index contributed by atoms with van der Waals surface area (Å²) in [7, 11) is 0. The van der Waals surface area contributed by atoms with Crippen LogP contribution in [0.5, 0.6) is 0 Å². The first-order valence-electron chi connectivity index (χ1n) is 7.17. The van der Waals surface area contributed by atoms with Gasteiger partial charge in [0.25, 0.3) is 5.91 Å². The second kappa shape index (κ2) is 6.83. The minimum absolute atomic E-state index is 0.246. The Bertz CT molecular complexity index is 919. The van der Waals surface area contributed by atoms with Gasteiger partial charge in [-0.2, -0.15) is 0 Å². The van der Waals surface area contributed by atoms with Crippen molar-refractivity contribution in [3.8, 4) is 11.3 Å². The number of benzene rings is 2. The van der Waals surface area contributed by atoms with Gasteiger partial charge in [0.1, 0.15) is 5.76 Å². The lowest BCUT2D eigenvalue weighted by molar-refractivity contribution is 0.0997. The van der Waals surface area contributed by atoms with Crippen LogP contribution in [0, 0.1) is 6.92 Å². The van der Waals surface area contributed by atoms with Crippen molar-refractivity contribution in [2.75, 3.05) is 11.1 Å². The molecule has 0 saturated carbocycles. The average Bonchev–Trinajstić information content (AvgIpc) is 3.00. The van der Waals surface area contributed by atoms with Gasteiger partial charge >= 0.3 is 0 Å². The molecule has 0 atom stereocenters. The quantitative estimate of drug-likeness (QED) is 0.510. The maximum Gasteiger partial charge on any atom is 0.291 e. The molecule has 0 radical (unpaired) electrons. The van der Waals surface area contributed by atoms with Crippen LogP contribution in [0.3, 0.4) is 0 Å². The van der Waals surface area contributed by atoms with Gasteiger partial charge in [0.15, 0.2) is 5.76 Å². The topological polar surface area (TPSA) is 68.3 Å². The molecule has 122 valence electrons. The summed E-state index contributed by atoms with van der Waals surface area (Å²) in [6, 6.07) is 14.5. The van der Waals surface area contributed by atoms with Gasteiger partial charge in [0.2, 0.25) is 0 Å². The SMILES string of the molecule is Cc1cc(N)ccc1NC(=O)c1ccc(-c2ccc(Br)cc2Br)o1. The number of hydrogen-bond donors (Lipinski definition) is 2. The number of hydrogen-bond acceptors (Lipinski definition) is 3. The highest BCUT2D eigenvalue weighted by atomic mass is 79.9. The summed E-state index contributed by atoms with van der Waals surface area (Å²) in [6.45, 7) is 1.89. The molecular formula is C18H14Br2N2O2. The molecule has 6 heteroatoms. The zero-order valence-electron chi connectivity index (χ0n) is 12.8. The largest absolute Gasteiger partial charge is 0.451 e. The fourth-order valence-corrected chi connectivity index (χ4v) is 3.55. The molecule has 0 aliphatic carbocycles. The summed E-state index contributed by atoms with van der Waals surface area (Å²) < 4.78 is 7.55. The maximum absolute atomic E-state index is 12.4.